The predicted octanol–water partition coefficient (Wildman–Crippen LogP) is 1.07. The SMILES string of the molecule is CCn1c(Br)cnc1S(C)(=O)=O. The molecule has 1 rings (SSSR count). The van der Waals surface area contributed by atoms with Crippen LogP contribution in [-0.2, 0) is 16.4 Å². The molecule has 0 unspecified atom stereocenters. The van der Waals surface area contributed by atoms with Gasteiger partial charge in [-0.3, -0.25) is 0 Å². The van der Waals surface area contributed by atoms with Gasteiger partial charge in [0.1, 0.15) is 4.60 Å². The molecule has 0 saturated heterocycles. The van der Waals surface area contributed by atoms with Crippen LogP contribution in [0.2, 0.25) is 0 Å². The van der Waals surface area contributed by atoms with Crippen molar-refractivity contribution in [2.75, 3.05) is 6.26 Å². The molecular weight excluding hydrogens is 244 g/mol. The van der Waals surface area contributed by atoms with E-state index in [0.717, 1.165) is 6.26 Å². The maximum atomic E-state index is 11.1. The van der Waals surface area contributed by atoms with E-state index >= 15 is 0 Å². The van der Waals surface area contributed by atoms with Crippen molar-refractivity contribution in [3.8, 4) is 0 Å². The highest BCUT2D eigenvalue weighted by atomic mass is 79.9. The molecule has 0 aliphatic heterocycles. The lowest BCUT2D eigenvalue weighted by molar-refractivity contribution is 0.572. The lowest BCUT2D eigenvalue weighted by Crippen LogP contribution is -2.08. The zero-order valence-electron chi connectivity index (χ0n) is 6.78. The highest BCUT2D eigenvalue weighted by Gasteiger charge is 2.15. The Morgan fingerprint density at radius 1 is 1.67 bits per heavy atom. The van der Waals surface area contributed by atoms with Gasteiger partial charge in [-0.2, -0.15) is 0 Å². The summed E-state index contributed by atoms with van der Waals surface area (Å²) in [7, 11) is -3.20. The molecule has 0 amide bonds. The van der Waals surface area contributed by atoms with Crippen LogP contribution < -0.4 is 0 Å². The summed E-state index contributed by atoms with van der Waals surface area (Å²) >= 11 is 3.21. The van der Waals surface area contributed by atoms with Crippen LogP contribution in [-0.4, -0.2) is 24.2 Å². The highest BCUT2D eigenvalue weighted by Crippen LogP contribution is 2.15. The molecule has 4 nitrogen and oxygen atoms in total. The predicted molar refractivity (Wildman–Crippen MR) is 48.7 cm³/mol. The van der Waals surface area contributed by atoms with Crippen molar-refractivity contribution in [3.05, 3.63) is 10.8 Å². The van der Waals surface area contributed by atoms with Crippen LogP contribution in [0.5, 0.6) is 0 Å². The third-order valence-electron chi connectivity index (χ3n) is 1.42. The molecule has 0 bridgehead atoms. The van der Waals surface area contributed by atoms with Crippen molar-refractivity contribution in [1.82, 2.24) is 9.55 Å². The van der Waals surface area contributed by atoms with Gasteiger partial charge in [0.15, 0.2) is 0 Å². The highest BCUT2D eigenvalue weighted by molar-refractivity contribution is 9.10. The largest absolute Gasteiger partial charge is 0.310 e. The average Bonchev–Trinajstić information content (AvgIpc) is 2.29. The van der Waals surface area contributed by atoms with E-state index in [4.69, 9.17) is 0 Å². The lowest BCUT2D eigenvalue weighted by Gasteiger charge is -2.02. The summed E-state index contributed by atoms with van der Waals surface area (Å²) in [6.45, 7) is 2.45. The second kappa shape index (κ2) is 3.18. The van der Waals surface area contributed by atoms with Gasteiger partial charge in [-0.25, -0.2) is 13.4 Å². The first kappa shape index (κ1) is 9.73. The lowest BCUT2D eigenvalue weighted by atomic mass is 10.7. The quantitative estimate of drug-likeness (QED) is 0.792. The van der Waals surface area contributed by atoms with E-state index in [0.29, 0.717) is 11.1 Å². The molecular formula is C6H9BrN2O2S. The number of sulfone groups is 1. The Bertz CT molecular complexity index is 382. The zero-order chi connectivity index (χ0) is 9.35. The van der Waals surface area contributed by atoms with Gasteiger partial charge in [0.2, 0.25) is 15.0 Å². The minimum Gasteiger partial charge on any atom is -0.310 e. The van der Waals surface area contributed by atoms with E-state index in [-0.39, 0.29) is 5.16 Å². The van der Waals surface area contributed by atoms with Gasteiger partial charge < -0.3 is 4.57 Å². The van der Waals surface area contributed by atoms with Crippen LogP contribution in [0.15, 0.2) is 16.0 Å². The summed E-state index contributed by atoms with van der Waals surface area (Å²) < 4.78 is 24.5. The number of hydrogen-bond acceptors (Lipinski definition) is 3. The Balaban J connectivity index is 3.36. The number of nitrogens with zero attached hydrogens (tertiary/aromatic N) is 2. The molecule has 1 aromatic heterocycles. The van der Waals surface area contributed by atoms with Crippen molar-refractivity contribution < 1.29 is 8.42 Å². The van der Waals surface area contributed by atoms with E-state index in [9.17, 15) is 8.42 Å². The molecule has 0 atom stereocenters. The van der Waals surface area contributed by atoms with Crippen LogP contribution in [0.3, 0.4) is 0 Å². The van der Waals surface area contributed by atoms with Crippen LogP contribution >= 0.6 is 15.9 Å². The molecule has 68 valence electrons. The number of rotatable bonds is 2. The second-order valence-electron chi connectivity index (χ2n) is 2.38. The molecule has 0 fully saturated rings. The summed E-state index contributed by atoms with van der Waals surface area (Å²) in [5, 5.41) is 0.108. The normalized spacial score (nSPS) is 11.9. The van der Waals surface area contributed by atoms with E-state index in [1.54, 1.807) is 4.57 Å². The molecule has 1 aromatic rings. The number of halogens is 1. The first-order valence-electron chi connectivity index (χ1n) is 3.38. The minimum absolute atomic E-state index is 0.108. The molecule has 0 spiro atoms. The van der Waals surface area contributed by atoms with Crippen molar-refractivity contribution in [3.63, 3.8) is 0 Å². The molecule has 1 heterocycles. The summed E-state index contributed by atoms with van der Waals surface area (Å²) in [6.07, 6.45) is 2.63. The van der Waals surface area contributed by atoms with Crippen LogP contribution in [0.25, 0.3) is 0 Å². The molecule has 0 aliphatic carbocycles. The third kappa shape index (κ3) is 1.69. The molecule has 0 radical (unpaired) electrons. The molecule has 0 aliphatic rings. The number of imidazole rings is 1. The second-order valence-corrected chi connectivity index (χ2v) is 5.10. The molecule has 0 N–H and O–H groups in total. The maximum Gasteiger partial charge on any atom is 0.228 e. The van der Waals surface area contributed by atoms with Crippen LogP contribution in [0, 0.1) is 0 Å². The summed E-state index contributed by atoms with van der Waals surface area (Å²) in [5.74, 6) is 0. The smallest absolute Gasteiger partial charge is 0.228 e. The Morgan fingerprint density at radius 2 is 2.25 bits per heavy atom. The Morgan fingerprint density at radius 3 is 2.58 bits per heavy atom. The minimum atomic E-state index is -3.20. The van der Waals surface area contributed by atoms with Crippen molar-refractivity contribution in [2.24, 2.45) is 0 Å². The maximum absolute atomic E-state index is 11.1. The molecule has 0 aromatic carbocycles. The van der Waals surface area contributed by atoms with E-state index in [1.807, 2.05) is 6.92 Å². The summed E-state index contributed by atoms with van der Waals surface area (Å²) in [4.78, 5) is 3.79. The topological polar surface area (TPSA) is 52.0 Å². The van der Waals surface area contributed by atoms with Crippen LogP contribution in [0.1, 0.15) is 6.92 Å². The van der Waals surface area contributed by atoms with Crippen LogP contribution in [0.4, 0.5) is 0 Å². The third-order valence-corrected chi connectivity index (χ3v) is 3.04. The van der Waals surface area contributed by atoms with E-state index in [2.05, 4.69) is 20.9 Å². The Kier molecular flexibility index (Phi) is 2.58. The average molecular weight is 253 g/mol. The van der Waals surface area contributed by atoms with Crippen molar-refractivity contribution in [2.45, 2.75) is 18.6 Å². The van der Waals surface area contributed by atoms with Gasteiger partial charge in [-0.05, 0) is 22.9 Å². The monoisotopic (exact) mass is 252 g/mol. The molecule has 0 saturated carbocycles. The summed E-state index contributed by atoms with van der Waals surface area (Å²) in [6, 6.07) is 0. The Labute approximate surface area is 79.7 Å². The van der Waals surface area contributed by atoms with Gasteiger partial charge in [-0.1, -0.05) is 0 Å². The van der Waals surface area contributed by atoms with Gasteiger partial charge >= 0.3 is 0 Å². The fraction of sp³-hybridized carbons (Fsp3) is 0.500. The Hall–Kier alpha value is -0.360. The number of aromatic nitrogens is 2. The fourth-order valence-electron chi connectivity index (χ4n) is 0.921. The molecule has 12 heavy (non-hydrogen) atoms. The first-order valence-corrected chi connectivity index (χ1v) is 6.06. The number of hydrogen-bond donors (Lipinski definition) is 0. The summed E-state index contributed by atoms with van der Waals surface area (Å²) in [5.41, 5.74) is 0. The zero-order valence-corrected chi connectivity index (χ0v) is 9.18. The van der Waals surface area contributed by atoms with Gasteiger partial charge in [0.05, 0.1) is 6.20 Å². The van der Waals surface area contributed by atoms with E-state index < -0.39 is 9.84 Å². The fourth-order valence-corrected chi connectivity index (χ4v) is 2.43. The first-order chi connectivity index (χ1) is 5.46. The van der Waals surface area contributed by atoms with Crippen molar-refractivity contribution in [1.29, 1.82) is 0 Å². The van der Waals surface area contributed by atoms with E-state index in [1.165, 1.54) is 6.20 Å². The standard InChI is InChI=1S/C6H9BrN2O2S/c1-3-9-5(7)4-8-6(9)12(2,10)11/h4H,3H2,1-2H3. The van der Waals surface area contributed by atoms with Crippen molar-refractivity contribution >= 4 is 25.8 Å². The van der Waals surface area contributed by atoms with Gasteiger partial charge in [0, 0.05) is 12.8 Å². The van der Waals surface area contributed by atoms with Gasteiger partial charge in [-0.15, -0.1) is 0 Å². The van der Waals surface area contributed by atoms with Gasteiger partial charge in [0.25, 0.3) is 0 Å². The molecule has 6 heteroatoms.